The largest absolute Gasteiger partial charge is 0.378 e. The summed E-state index contributed by atoms with van der Waals surface area (Å²) in [6.45, 7) is 17.0. The minimum absolute atomic E-state index is 0.150. The number of hydrogen-bond acceptors (Lipinski definition) is 2. The van der Waals surface area contributed by atoms with Gasteiger partial charge in [0.05, 0.1) is 6.10 Å². The Bertz CT molecular complexity index is 706. The lowest BCUT2D eigenvalue weighted by Gasteiger charge is -2.52. The average Bonchev–Trinajstić information content (AvgIpc) is 3.15. The summed E-state index contributed by atoms with van der Waals surface area (Å²) in [5.74, 6) is 4.13. The van der Waals surface area contributed by atoms with Gasteiger partial charge in [-0.1, -0.05) is 72.5 Å². The van der Waals surface area contributed by atoms with E-state index in [1.807, 2.05) is 13.8 Å². The first-order chi connectivity index (χ1) is 16.6. The summed E-state index contributed by atoms with van der Waals surface area (Å²) in [6.07, 6.45) is 20.9. The minimum Gasteiger partial charge on any atom is -0.378 e. The van der Waals surface area contributed by atoms with Crippen LogP contribution in [0.5, 0.6) is 0 Å². The molecule has 2 heteroatoms. The molecule has 3 rings (SSSR count). The molecule has 6 unspecified atom stereocenters. The molecule has 0 radical (unpaired) electrons. The zero-order valence-corrected chi connectivity index (χ0v) is 24.5. The van der Waals surface area contributed by atoms with Crippen molar-refractivity contribution in [1.82, 2.24) is 0 Å². The fourth-order valence-corrected chi connectivity index (χ4v) is 8.18. The van der Waals surface area contributed by atoms with Gasteiger partial charge in [0, 0.05) is 18.9 Å². The smallest absolute Gasteiger partial charge is 0.135 e. The topological polar surface area (TPSA) is 26.3 Å². The van der Waals surface area contributed by atoms with Gasteiger partial charge in [0.25, 0.3) is 0 Å². The van der Waals surface area contributed by atoms with Crippen LogP contribution < -0.4 is 0 Å². The molecule has 0 amide bonds. The molecular weight excluding hydrogens is 428 g/mol. The number of fused-ring (bicyclic) bond motifs is 1. The monoisotopic (exact) mass is 486 g/mol. The number of Topliss-reactive ketones (excluding diaryl/α,β-unsaturated/α-hetero) is 1. The summed E-state index contributed by atoms with van der Waals surface area (Å²) in [5, 5.41) is 0. The van der Waals surface area contributed by atoms with Crippen LogP contribution in [0.1, 0.15) is 138 Å². The van der Waals surface area contributed by atoms with Crippen LogP contribution in [0.15, 0.2) is 11.6 Å². The molecule has 0 N–H and O–H groups in total. The summed E-state index contributed by atoms with van der Waals surface area (Å²) >= 11 is 0. The Morgan fingerprint density at radius 2 is 1.77 bits per heavy atom. The van der Waals surface area contributed by atoms with Crippen molar-refractivity contribution in [3.63, 3.8) is 0 Å². The van der Waals surface area contributed by atoms with Crippen LogP contribution in [-0.4, -0.2) is 18.5 Å². The lowest BCUT2D eigenvalue weighted by atomic mass is 9.53. The molecule has 3 fully saturated rings. The van der Waals surface area contributed by atoms with Gasteiger partial charge in [-0.2, -0.15) is 0 Å². The maximum atomic E-state index is 11.9. The Morgan fingerprint density at radius 1 is 1.00 bits per heavy atom. The van der Waals surface area contributed by atoms with Gasteiger partial charge >= 0.3 is 0 Å². The van der Waals surface area contributed by atoms with Crippen LogP contribution in [0.25, 0.3) is 0 Å². The number of hydrogen-bond donors (Lipinski definition) is 0. The maximum Gasteiger partial charge on any atom is 0.135 e. The van der Waals surface area contributed by atoms with Gasteiger partial charge in [-0.05, 0) is 106 Å². The van der Waals surface area contributed by atoms with Crippen molar-refractivity contribution in [2.75, 3.05) is 6.61 Å². The van der Waals surface area contributed by atoms with Crippen LogP contribution in [-0.2, 0) is 9.53 Å². The van der Waals surface area contributed by atoms with Crippen molar-refractivity contribution < 1.29 is 9.53 Å². The van der Waals surface area contributed by atoms with Crippen molar-refractivity contribution in [3.05, 3.63) is 11.6 Å². The molecule has 3 saturated carbocycles. The van der Waals surface area contributed by atoms with E-state index in [-0.39, 0.29) is 5.92 Å². The quantitative estimate of drug-likeness (QED) is 0.203. The van der Waals surface area contributed by atoms with Gasteiger partial charge in [-0.15, -0.1) is 0 Å². The Labute approximate surface area is 218 Å². The lowest BCUT2D eigenvalue weighted by Crippen LogP contribution is -2.43. The molecule has 35 heavy (non-hydrogen) atoms. The molecule has 0 aromatic carbocycles. The molecule has 0 bridgehead atoms. The number of ketones is 1. The number of ether oxygens (including phenoxy) is 1. The van der Waals surface area contributed by atoms with E-state index in [2.05, 4.69) is 40.7 Å². The Balaban J connectivity index is 1.50. The minimum atomic E-state index is 0.150. The first-order valence-electron chi connectivity index (χ1n) is 15.4. The first kappa shape index (κ1) is 28.9. The molecule has 0 saturated heterocycles. The molecule has 0 aliphatic heterocycles. The fraction of sp³-hybridized carbons (Fsp3) is 0.909. The summed E-state index contributed by atoms with van der Waals surface area (Å²) < 4.78 is 6.29. The van der Waals surface area contributed by atoms with Crippen LogP contribution in [0, 0.1) is 40.4 Å². The standard InChI is InChI=1S/C33H58O2/c1-8-26-23-30(35-21-11-14-31(34)25(4)5)18-20-32(26,6)29-17-19-33(7)27(15-16-28(33)22-29)13-10-9-12-24(2)3/h8,24-25,27-30H,9-23H2,1-7H3/b26-8-. The normalized spacial score (nSPS) is 36.8. The molecule has 0 aromatic heterocycles. The average molecular weight is 487 g/mol. The fourth-order valence-electron chi connectivity index (χ4n) is 8.18. The SMILES string of the molecule is C/C=C1/CC(OCCCC(=O)C(C)C)CCC1(C)C1CCC2(C)C(CCCCC(C)C)CCC2C1. The van der Waals surface area contributed by atoms with Gasteiger partial charge in [0.1, 0.15) is 5.78 Å². The maximum absolute atomic E-state index is 11.9. The summed E-state index contributed by atoms with van der Waals surface area (Å²) in [6, 6.07) is 0. The summed E-state index contributed by atoms with van der Waals surface area (Å²) in [7, 11) is 0. The highest BCUT2D eigenvalue weighted by molar-refractivity contribution is 5.80. The van der Waals surface area contributed by atoms with Crippen LogP contribution in [0.2, 0.25) is 0 Å². The molecule has 0 heterocycles. The number of carbonyl (C=O) groups is 1. The third-order valence-corrected chi connectivity index (χ3v) is 10.9. The summed E-state index contributed by atoms with van der Waals surface area (Å²) in [5.41, 5.74) is 2.62. The van der Waals surface area contributed by atoms with Crippen molar-refractivity contribution in [1.29, 1.82) is 0 Å². The zero-order valence-electron chi connectivity index (χ0n) is 24.5. The Hall–Kier alpha value is -0.630. The second kappa shape index (κ2) is 12.7. The highest BCUT2D eigenvalue weighted by Gasteiger charge is 2.52. The third-order valence-electron chi connectivity index (χ3n) is 10.9. The lowest BCUT2D eigenvalue weighted by molar-refractivity contribution is -0.122. The van der Waals surface area contributed by atoms with Crippen molar-refractivity contribution in [3.8, 4) is 0 Å². The van der Waals surface area contributed by atoms with Crippen LogP contribution in [0.3, 0.4) is 0 Å². The van der Waals surface area contributed by atoms with Crippen LogP contribution >= 0.6 is 0 Å². The first-order valence-corrected chi connectivity index (χ1v) is 15.4. The highest BCUT2D eigenvalue weighted by atomic mass is 16.5. The predicted molar refractivity (Wildman–Crippen MR) is 150 cm³/mol. The molecule has 6 atom stereocenters. The van der Waals surface area contributed by atoms with Gasteiger partial charge < -0.3 is 4.74 Å². The van der Waals surface area contributed by atoms with E-state index in [1.54, 1.807) is 5.57 Å². The van der Waals surface area contributed by atoms with E-state index in [1.165, 1.54) is 70.6 Å². The summed E-state index contributed by atoms with van der Waals surface area (Å²) in [4.78, 5) is 11.9. The second-order valence-electron chi connectivity index (χ2n) is 13.8. The van der Waals surface area contributed by atoms with Gasteiger partial charge in [0.2, 0.25) is 0 Å². The van der Waals surface area contributed by atoms with Gasteiger partial charge in [-0.25, -0.2) is 0 Å². The molecule has 2 nitrogen and oxygen atoms in total. The van der Waals surface area contributed by atoms with E-state index in [4.69, 9.17) is 4.74 Å². The molecule has 0 spiro atoms. The number of carbonyl (C=O) groups excluding carboxylic acids is 1. The number of unbranched alkanes of at least 4 members (excludes halogenated alkanes) is 1. The van der Waals surface area contributed by atoms with E-state index in [0.717, 1.165) is 43.1 Å². The van der Waals surface area contributed by atoms with E-state index in [0.29, 0.717) is 29.1 Å². The molecular formula is C33H58O2. The Kier molecular flexibility index (Phi) is 10.5. The molecule has 202 valence electrons. The van der Waals surface area contributed by atoms with Crippen molar-refractivity contribution in [2.24, 2.45) is 40.4 Å². The number of allylic oxidation sites excluding steroid dienone is 1. The van der Waals surface area contributed by atoms with Crippen molar-refractivity contribution in [2.45, 2.75) is 144 Å². The molecule has 0 aromatic rings. The van der Waals surface area contributed by atoms with Crippen LogP contribution in [0.4, 0.5) is 0 Å². The van der Waals surface area contributed by atoms with Gasteiger partial charge in [0.15, 0.2) is 0 Å². The molecule has 3 aliphatic carbocycles. The zero-order chi connectivity index (χ0) is 25.6. The third kappa shape index (κ3) is 7.03. The van der Waals surface area contributed by atoms with Crippen molar-refractivity contribution >= 4 is 5.78 Å². The van der Waals surface area contributed by atoms with E-state index >= 15 is 0 Å². The van der Waals surface area contributed by atoms with E-state index in [9.17, 15) is 4.79 Å². The van der Waals surface area contributed by atoms with E-state index < -0.39 is 0 Å². The second-order valence-corrected chi connectivity index (χ2v) is 13.8. The predicted octanol–water partition coefficient (Wildman–Crippen LogP) is 9.56. The molecule has 3 aliphatic rings. The Morgan fingerprint density at radius 3 is 2.46 bits per heavy atom. The number of rotatable bonds is 12. The highest BCUT2D eigenvalue weighted by Crippen LogP contribution is 2.62. The van der Waals surface area contributed by atoms with Gasteiger partial charge in [-0.3, -0.25) is 4.79 Å².